The Balaban J connectivity index is 1.37. The number of pyridine rings is 1. The Morgan fingerprint density at radius 2 is 1.88 bits per heavy atom. The molecule has 0 radical (unpaired) electrons. The number of amides is 1. The van der Waals surface area contributed by atoms with Gasteiger partial charge in [-0.1, -0.05) is 55.7 Å². The van der Waals surface area contributed by atoms with Gasteiger partial charge in [0.15, 0.2) is 0 Å². The van der Waals surface area contributed by atoms with Crippen molar-refractivity contribution in [3.63, 3.8) is 0 Å². The maximum atomic E-state index is 12.9. The molecule has 5 rings (SSSR count). The van der Waals surface area contributed by atoms with Gasteiger partial charge in [-0.25, -0.2) is 4.98 Å². The standard InChI is InChI=1S/C26H31N5O/c32-26(28-17-21-10-7-13-27-16-21)23-19-31-15-14-30(18-20-8-3-1-4-9-20)24(25(31)29-23)22-11-5-2-6-12-22/h2,5-7,10-13,16,19-20,24H,1,3-4,8-9,14-15,17-18H2,(H,28,32). The lowest BCUT2D eigenvalue weighted by molar-refractivity contribution is 0.0946. The Morgan fingerprint density at radius 1 is 1.03 bits per heavy atom. The zero-order chi connectivity index (χ0) is 21.8. The zero-order valence-corrected chi connectivity index (χ0v) is 18.5. The molecule has 1 unspecified atom stereocenters. The van der Waals surface area contributed by atoms with Gasteiger partial charge in [-0.3, -0.25) is 14.7 Å². The molecule has 1 amide bonds. The van der Waals surface area contributed by atoms with Gasteiger partial charge >= 0.3 is 0 Å². The SMILES string of the molecule is O=C(NCc1cccnc1)c1cn2c(n1)C(c1ccccc1)N(CC1CCCCC1)CC2. The van der Waals surface area contributed by atoms with Crippen LogP contribution < -0.4 is 5.32 Å². The number of imidazole rings is 1. The van der Waals surface area contributed by atoms with E-state index in [4.69, 9.17) is 4.98 Å². The largest absolute Gasteiger partial charge is 0.347 e. The van der Waals surface area contributed by atoms with E-state index in [1.54, 1.807) is 12.4 Å². The molecule has 32 heavy (non-hydrogen) atoms. The quantitative estimate of drug-likeness (QED) is 0.638. The first-order chi connectivity index (χ1) is 15.8. The summed E-state index contributed by atoms with van der Waals surface area (Å²) in [6, 6.07) is 14.5. The van der Waals surface area contributed by atoms with E-state index >= 15 is 0 Å². The van der Waals surface area contributed by atoms with Crippen LogP contribution in [0.15, 0.2) is 61.1 Å². The first kappa shape index (κ1) is 20.9. The lowest BCUT2D eigenvalue weighted by Gasteiger charge is -2.39. The van der Waals surface area contributed by atoms with E-state index in [0.29, 0.717) is 12.2 Å². The van der Waals surface area contributed by atoms with Crippen molar-refractivity contribution < 1.29 is 4.79 Å². The van der Waals surface area contributed by atoms with Gasteiger partial charge < -0.3 is 9.88 Å². The Bertz CT molecular complexity index is 1030. The van der Waals surface area contributed by atoms with Crippen LogP contribution in [-0.2, 0) is 13.1 Å². The summed E-state index contributed by atoms with van der Waals surface area (Å²) in [6.45, 7) is 3.41. The molecular formula is C26H31N5O. The van der Waals surface area contributed by atoms with Crippen molar-refractivity contribution in [2.75, 3.05) is 13.1 Å². The molecule has 1 atom stereocenters. The van der Waals surface area contributed by atoms with Crippen LogP contribution in [0.4, 0.5) is 0 Å². The summed E-state index contributed by atoms with van der Waals surface area (Å²) < 4.78 is 2.17. The number of benzene rings is 1. The number of rotatable bonds is 6. The summed E-state index contributed by atoms with van der Waals surface area (Å²) in [6.07, 6.45) is 12.2. The summed E-state index contributed by atoms with van der Waals surface area (Å²) in [5.41, 5.74) is 2.71. The number of carbonyl (C=O) groups is 1. The van der Waals surface area contributed by atoms with Crippen molar-refractivity contribution in [3.05, 3.63) is 83.7 Å². The van der Waals surface area contributed by atoms with Crippen LogP contribution in [-0.4, -0.2) is 38.4 Å². The highest BCUT2D eigenvalue weighted by molar-refractivity contribution is 5.92. The topological polar surface area (TPSA) is 63.1 Å². The number of hydrogen-bond donors (Lipinski definition) is 1. The lowest BCUT2D eigenvalue weighted by atomic mass is 9.88. The first-order valence-corrected chi connectivity index (χ1v) is 11.8. The summed E-state index contributed by atoms with van der Waals surface area (Å²) in [5.74, 6) is 1.60. The number of hydrogen-bond acceptors (Lipinski definition) is 4. The van der Waals surface area contributed by atoms with E-state index in [1.165, 1.54) is 37.7 Å². The fraction of sp³-hybridized carbons (Fsp3) is 0.423. The number of fused-ring (bicyclic) bond motifs is 1. The fourth-order valence-corrected chi connectivity index (χ4v) is 5.13. The molecule has 1 aliphatic carbocycles. The van der Waals surface area contributed by atoms with Gasteiger partial charge in [0.2, 0.25) is 0 Å². The molecule has 1 aromatic carbocycles. The molecular weight excluding hydrogens is 398 g/mol. The lowest BCUT2D eigenvalue weighted by Crippen LogP contribution is -2.41. The molecule has 0 spiro atoms. The van der Waals surface area contributed by atoms with Gasteiger partial charge in [0, 0.05) is 44.8 Å². The molecule has 3 heterocycles. The number of nitrogens with one attached hydrogen (secondary N) is 1. The van der Waals surface area contributed by atoms with Gasteiger partial charge in [-0.2, -0.15) is 0 Å². The highest BCUT2D eigenvalue weighted by Crippen LogP contribution is 2.34. The van der Waals surface area contributed by atoms with Crippen molar-refractivity contribution >= 4 is 5.91 Å². The number of aromatic nitrogens is 3. The smallest absolute Gasteiger partial charge is 0.271 e. The number of carbonyl (C=O) groups excluding carboxylic acids is 1. The Labute approximate surface area is 189 Å². The Hall–Kier alpha value is -2.99. The van der Waals surface area contributed by atoms with Crippen molar-refractivity contribution in [2.24, 2.45) is 5.92 Å². The van der Waals surface area contributed by atoms with Crippen molar-refractivity contribution in [3.8, 4) is 0 Å². The van der Waals surface area contributed by atoms with Crippen LogP contribution >= 0.6 is 0 Å². The predicted molar refractivity (Wildman–Crippen MR) is 124 cm³/mol. The van der Waals surface area contributed by atoms with Crippen LogP contribution in [0.2, 0.25) is 0 Å². The molecule has 6 nitrogen and oxygen atoms in total. The van der Waals surface area contributed by atoms with Crippen LogP contribution in [0.5, 0.6) is 0 Å². The Morgan fingerprint density at radius 3 is 2.66 bits per heavy atom. The van der Waals surface area contributed by atoms with Crippen LogP contribution in [0, 0.1) is 5.92 Å². The van der Waals surface area contributed by atoms with Crippen LogP contribution in [0.3, 0.4) is 0 Å². The second-order valence-corrected chi connectivity index (χ2v) is 9.03. The third kappa shape index (κ3) is 4.60. The van der Waals surface area contributed by atoms with E-state index in [2.05, 4.69) is 50.1 Å². The minimum atomic E-state index is -0.138. The minimum Gasteiger partial charge on any atom is -0.347 e. The molecule has 0 bridgehead atoms. The van der Waals surface area contributed by atoms with E-state index in [0.717, 1.165) is 36.9 Å². The molecule has 3 aromatic rings. The third-order valence-corrected chi connectivity index (χ3v) is 6.79. The van der Waals surface area contributed by atoms with Gasteiger partial charge in [0.05, 0.1) is 6.04 Å². The predicted octanol–water partition coefficient (Wildman–Crippen LogP) is 4.19. The van der Waals surface area contributed by atoms with Crippen LogP contribution in [0.1, 0.15) is 65.6 Å². The molecule has 1 aliphatic heterocycles. The summed E-state index contributed by atoms with van der Waals surface area (Å²) >= 11 is 0. The van der Waals surface area contributed by atoms with Gasteiger partial charge in [-0.15, -0.1) is 0 Å². The maximum Gasteiger partial charge on any atom is 0.271 e. The van der Waals surface area contributed by atoms with Crippen molar-refractivity contribution in [1.82, 2.24) is 24.8 Å². The average Bonchev–Trinajstić information content (AvgIpc) is 3.29. The van der Waals surface area contributed by atoms with Gasteiger partial charge in [0.25, 0.3) is 5.91 Å². The molecule has 0 saturated heterocycles. The second-order valence-electron chi connectivity index (χ2n) is 9.03. The maximum absolute atomic E-state index is 12.9. The zero-order valence-electron chi connectivity index (χ0n) is 18.5. The van der Waals surface area contributed by atoms with Crippen molar-refractivity contribution in [1.29, 1.82) is 0 Å². The first-order valence-electron chi connectivity index (χ1n) is 11.8. The molecule has 2 aromatic heterocycles. The Kier molecular flexibility index (Phi) is 6.30. The average molecular weight is 430 g/mol. The van der Waals surface area contributed by atoms with Gasteiger partial charge in [0.1, 0.15) is 11.5 Å². The van der Waals surface area contributed by atoms with E-state index in [9.17, 15) is 4.79 Å². The van der Waals surface area contributed by atoms with Gasteiger partial charge in [-0.05, 0) is 36.0 Å². The van der Waals surface area contributed by atoms with E-state index < -0.39 is 0 Å². The third-order valence-electron chi connectivity index (χ3n) is 6.79. The summed E-state index contributed by atoms with van der Waals surface area (Å²) in [7, 11) is 0. The normalized spacial score (nSPS) is 19.4. The van der Waals surface area contributed by atoms with Crippen molar-refractivity contribution in [2.45, 2.75) is 51.2 Å². The summed E-state index contributed by atoms with van der Waals surface area (Å²) in [4.78, 5) is 24.4. The monoisotopic (exact) mass is 429 g/mol. The molecule has 2 aliphatic rings. The summed E-state index contributed by atoms with van der Waals surface area (Å²) in [5, 5.41) is 2.99. The van der Waals surface area contributed by atoms with E-state index in [-0.39, 0.29) is 11.9 Å². The molecule has 1 N–H and O–H groups in total. The highest BCUT2D eigenvalue weighted by Gasteiger charge is 2.33. The molecule has 6 heteroatoms. The second kappa shape index (κ2) is 9.65. The highest BCUT2D eigenvalue weighted by atomic mass is 16.1. The molecule has 1 fully saturated rings. The van der Waals surface area contributed by atoms with E-state index in [1.807, 2.05) is 18.3 Å². The minimum absolute atomic E-state index is 0.0896. The molecule has 166 valence electrons. The fourth-order valence-electron chi connectivity index (χ4n) is 5.13. The number of nitrogens with zero attached hydrogens (tertiary/aromatic N) is 4. The molecule has 1 saturated carbocycles. The van der Waals surface area contributed by atoms with Crippen LogP contribution in [0.25, 0.3) is 0 Å².